The molecule has 0 spiro atoms. The molecule has 1 aromatic rings. The molecule has 2 nitrogen and oxygen atoms in total. The average Bonchev–Trinajstić information content (AvgIpc) is 2.64. The van der Waals surface area contributed by atoms with Crippen molar-refractivity contribution in [3.63, 3.8) is 0 Å². The fourth-order valence-corrected chi connectivity index (χ4v) is 3.28. The van der Waals surface area contributed by atoms with Crippen LogP contribution in [0.1, 0.15) is 18.9 Å². The summed E-state index contributed by atoms with van der Waals surface area (Å²) in [5, 5.41) is 13.1. The highest BCUT2D eigenvalue weighted by molar-refractivity contribution is 8.00. The highest BCUT2D eigenvalue weighted by Gasteiger charge is 2.41. The van der Waals surface area contributed by atoms with Gasteiger partial charge in [-0.25, -0.2) is 0 Å². The van der Waals surface area contributed by atoms with Crippen molar-refractivity contribution in [2.24, 2.45) is 0 Å². The zero-order valence-corrected chi connectivity index (χ0v) is 10.5. The minimum atomic E-state index is -0.389. The van der Waals surface area contributed by atoms with Gasteiger partial charge in [0.25, 0.3) is 0 Å². The van der Waals surface area contributed by atoms with E-state index in [4.69, 9.17) is 0 Å². The Morgan fingerprint density at radius 2 is 2.12 bits per heavy atom. The molecule has 1 aliphatic rings. The highest BCUT2D eigenvalue weighted by atomic mass is 32.2. The van der Waals surface area contributed by atoms with Crippen LogP contribution in [0.5, 0.6) is 0 Å². The molecule has 1 saturated heterocycles. The number of nitrogens with zero attached hydrogens (tertiary/aromatic N) is 1. The molecule has 0 amide bonds. The van der Waals surface area contributed by atoms with E-state index in [-0.39, 0.29) is 5.54 Å². The molecule has 1 N–H and O–H groups in total. The number of anilines is 1. The monoisotopic (exact) mass is 232 g/mol. The van der Waals surface area contributed by atoms with Crippen molar-refractivity contribution in [1.82, 2.24) is 0 Å². The molecule has 1 aromatic carbocycles. The quantitative estimate of drug-likeness (QED) is 0.850. The van der Waals surface area contributed by atoms with Crippen LogP contribution in [0.3, 0.4) is 0 Å². The summed E-state index contributed by atoms with van der Waals surface area (Å²) in [5.41, 5.74) is 1.90. The predicted molar refractivity (Wildman–Crippen MR) is 69.7 cm³/mol. The standard InChI is InChI=1S/C13H16N2S/c1-10-3-5-12(6-4-10)15-13(9-14)7-8-16-11(13)2/h3-6,11,15H,7-8H2,1-2H3. The number of benzene rings is 1. The number of hydrogen-bond acceptors (Lipinski definition) is 3. The van der Waals surface area contributed by atoms with Crippen LogP contribution in [0.4, 0.5) is 5.69 Å². The maximum atomic E-state index is 9.38. The van der Waals surface area contributed by atoms with Crippen molar-refractivity contribution in [3.8, 4) is 6.07 Å². The smallest absolute Gasteiger partial charge is 0.137 e. The summed E-state index contributed by atoms with van der Waals surface area (Å²) in [4.78, 5) is 0. The maximum Gasteiger partial charge on any atom is 0.137 e. The molecular formula is C13H16N2S. The van der Waals surface area contributed by atoms with E-state index in [2.05, 4.69) is 37.4 Å². The minimum absolute atomic E-state index is 0.346. The number of nitriles is 1. The molecule has 2 rings (SSSR count). The van der Waals surface area contributed by atoms with Gasteiger partial charge in [-0.1, -0.05) is 17.7 Å². The summed E-state index contributed by atoms with van der Waals surface area (Å²) in [6, 6.07) is 10.7. The summed E-state index contributed by atoms with van der Waals surface area (Å²) < 4.78 is 0. The van der Waals surface area contributed by atoms with Gasteiger partial charge in [-0.05, 0) is 38.2 Å². The van der Waals surface area contributed by atoms with E-state index >= 15 is 0 Å². The van der Waals surface area contributed by atoms with E-state index in [1.807, 2.05) is 23.9 Å². The van der Waals surface area contributed by atoms with Crippen molar-refractivity contribution in [2.45, 2.75) is 31.1 Å². The van der Waals surface area contributed by atoms with Crippen molar-refractivity contribution < 1.29 is 0 Å². The van der Waals surface area contributed by atoms with E-state index in [0.29, 0.717) is 5.25 Å². The van der Waals surface area contributed by atoms with E-state index in [1.165, 1.54) is 5.56 Å². The minimum Gasteiger partial charge on any atom is -0.366 e. The third-order valence-corrected chi connectivity index (χ3v) is 4.52. The lowest BCUT2D eigenvalue weighted by Crippen LogP contribution is -2.41. The number of hydrogen-bond donors (Lipinski definition) is 1. The van der Waals surface area contributed by atoms with Crippen molar-refractivity contribution >= 4 is 17.4 Å². The summed E-state index contributed by atoms with van der Waals surface area (Å²) in [7, 11) is 0. The molecule has 3 heteroatoms. The fourth-order valence-electron chi connectivity index (χ4n) is 1.98. The molecule has 0 aliphatic carbocycles. The zero-order chi connectivity index (χ0) is 11.6. The van der Waals surface area contributed by atoms with Gasteiger partial charge in [-0.2, -0.15) is 17.0 Å². The van der Waals surface area contributed by atoms with Gasteiger partial charge < -0.3 is 5.32 Å². The van der Waals surface area contributed by atoms with E-state index in [1.54, 1.807) is 0 Å². The molecule has 1 aliphatic heterocycles. The Morgan fingerprint density at radius 1 is 1.44 bits per heavy atom. The first-order valence-electron chi connectivity index (χ1n) is 5.54. The third-order valence-electron chi connectivity index (χ3n) is 3.18. The summed E-state index contributed by atoms with van der Waals surface area (Å²) in [5.74, 6) is 1.06. The normalized spacial score (nSPS) is 28.7. The first kappa shape index (κ1) is 11.3. The lowest BCUT2D eigenvalue weighted by Gasteiger charge is -2.27. The predicted octanol–water partition coefficient (Wildman–Crippen LogP) is 3.19. The molecule has 2 unspecified atom stereocenters. The lowest BCUT2D eigenvalue weighted by atomic mass is 9.94. The summed E-state index contributed by atoms with van der Waals surface area (Å²) in [6.45, 7) is 4.19. The van der Waals surface area contributed by atoms with Crippen LogP contribution in [0.25, 0.3) is 0 Å². The number of thioether (sulfide) groups is 1. The second kappa shape index (κ2) is 4.39. The molecule has 0 radical (unpaired) electrons. The van der Waals surface area contributed by atoms with E-state index in [9.17, 15) is 5.26 Å². The van der Waals surface area contributed by atoms with Gasteiger partial charge in [-0.15, -0.1) is 0 Å². The lowest BCUT2D eigenvalue weighted by molar-refractivity contribution is 0.592. The Balaban J connectivity index is 2.19. The van der Waals surface area contributed by atoms with Gasteiger partial charge in [0, 0.05) is 10.9 Å². The first-order valence-corrected chi connectivity index (χ1v) is 6.59. The number of aryl methyl sites for hydroxylation is 1. The Bertz CT molecular complexity index is 407. The number of nitrogens with one attached hydrogen (secondary N) is 1. The highest BCUT2D eigenvalue weighted by Crippen LogP contribution is 2.37. The van der Waals surface area contributed by atoms with Crippen LogP contribution < -0.4 is 5.32 Å². The largest absolute Gasteiger partial charge is 0.366 e. The van der Waals surface area contributed by atoms with Crippen molar-refractivity contribution in [3.05, 3.63) is 29.8 Å². The Morgan fingerprint density at radius 3 is 2.62 bits per heavy atom. The fraction of sp³-hybridized carbons (Fsp3) is 0.462. The van der Waals surface area contributed by atoms with E-state index in [0.717, 1.165) is 17.9 Å². The summed E-state index contributed by atoms with van der Waals surface area (Å²) >= 11 is 1.87. The van der Waals surface area contributed by atoms with Gasteiger partial charge in [0.2, 0.25) is 0 Å². The van der Waals surface area contributed by atoms with Crippen LogP contribution in [0.2, 0.25) is 0 Å². The molecule has 84 valence electrons. The zero-order valence-electron chi connectivity index (χ0n) is 9.66. The van der Waals surface area contributed by atoms with Gasteiger partial charge in [0.15, 0.2) is 0 Å². The SMILES string of the molecule is Cc1ccc(NC2(C#N)CCSC2C)cc1. The van der Waals surface area contributed by atoms with Gasteiger partial charge in [-0.3, -0.25) is 0 Å². The first-order chi connectivity index (χ1) is 7.66. The third kappa shape index (κ3) is 2.03. The molecular weight excluding hydrogens is 216 g/mol. The van der Waals surface area contributed by atoms with Gasteiger partial charge in [0.1, 0.15) is 5.54 Å². The average molecular weight is 232 g/mol. The van der Waals surface area contributed by atoms with Crippen molar-refractivity contribution in [2.75, 3.05) is 11.1 Å². The van der Waals surface area contributed by atoms with Crippen LogP contribution >= 0.6 is 11.8 Å². The van der Waals surface area contributed by atoms with Crippen LogP contribution in [-0.4, -0.2) is 16.5 Å². The molecule has 2 atom stereocenters. The molecule has 0 bridgehead atoms. The Hall–Kier alpha value is -1.14. The van der Waals surface area contributed by atoms with Gasteiger partial charge in [0.05, 0.1) is 6.07 Å². The second-order valence-electron chi connectivity index (χ2n) is 4.34. The molecule has 0 saturated carbocycles. The molecule has 0 aromatic heterocycles. The molecule has 1 fully saturated rings. The van der Waals surface area contributed by atoms with Crippen LogP contribution in [0.15, 0.2) is 24.3 Å². The Labute approximate surface area is 101 Å². The topological polar surface area (TPSA) is 35.8 Å². The number of rotatable bonds is 2. The maximum absolute atomic E-state index is 9.38. The summed E-state index contributed by atoms with van der Waals surface area (Å²) in [6.07, 6.45) is 0.920. The second-order valence-corrected chi connectivity index (χ2v) is 5.79. The van der Waals surface area contributed by atoms with Crippen molar-refractivity contribution in [1.29, 1.82) is 5.26 Å². The van der Waals surface area contributed by atoms with Gasteiger partial charge >= 0.3 is 0 Å². The van der Waals surface area contributed by atoms with Crippen LogP contribution in [-0.2, 0) is 0 Å². The van der Waals surface area contributed by atoms with E-state index < -0.39 is 0 Å². The molecule has 16 heavy (non-hydrogen) atoms. The molecule has 1 heterocycles. The Kier molecular flexibility index (Phi) is 3.11. The van der Waals surface area contributed by atoms with Crippen LogP contribution in [0, 0.1) is 18.3 Å².